The lowest BCUT2D eigenvalue weighted by Crippen LogP contribution is -2.35. The van der Waals surface area contributed by atoms with Crippen molar-refractivity contribution in [1.29, 1.82) is 0 Å². The highest BCUT2D eigenvalue weighted by Crippen LogP contribution is 2.30. The zero-order valence-electron chi connectivity index (χ0n) is 9.83. The van der Waals surface area contributed by atoms with Gasteiger partial charge in [0, 0.05) is 4.91 Å². The molecule has 1 unspecified atom stereocenters. The fourth-order valence-electron chi connectivity index (χ4n) is 2.63. The summed E-state index contributed by atoms with van der Waals surface area (Å²) in [4.78, 5) is 1.09. The van der Waals surface area contributed by atoms with Crippen LogP contribution in [0.3, 0.4) is 0 Å². The third-order valence-corrected chi connectivity index (χ3v) is 4.95. The van der Waals surface area contributed by atoms with E-state index in [0.29, 0.717) is 12.5 Å². The Morgan fingerprint density at radius 2 is 2.18 bits per heavy atom. The molecule has 3 rings (SSSR count). The van der Waals surface area contributed by atoms with Crippen LogP contribution in [0.15, 0.2) is 22.3 Å². The van der Waals surface area contributed by atoms with Gasteiger partial charge in [0.1, 0.15) is 11.0 Å². The van der Waals surface area contributed by atoms with E-state index in [2.05, 4.69) is 16.1 Å². The summed E-state index contributed by atoms with van der Waals surface area (Å²) >= 11 is 0. The van der Waals surface area contributed by atoms with Crippen LogP contribution in [0.5, 0.6) is 0 Å². The quantitative estimate of drug-likeness (QED) is 0.728. The molecule has 2 N–H and O–H groups in total. The predicted octanol–water partition coefficient (Wildman–Crippen LogP) is 0.811. The van der Waals surface area contributed by atoms with Gasteiger partial charge in [0.2, 0.25) is 0 Å². The van der Waals surface area contributed by atoms with Gasteiger partial charge in [0.05, 0.1) is 18.9 Å². The molecule has 5 heteroatoms. The summed E-state index contributed by atoms with van der Waals surface area (Å²) in [6, 6.07) is 0. The van der Waals surface area contributed by atoms with Gasteiger partial charge >= 0.3 is 0 Å². The van der Waals surface area contributed by atoms with E-state index in [4.69, 9.17) is 4.74 Å². The first-order valence-electron chi connectivity index (χ1n) is 6.25. The van der Waals surface area contributed by atoms with Crippen LogP contribution in [-0.4, -0.2) is 30.5 Å². The molecule has 0 aromatic rings. The fourth-order valence-corrected chi connectivity index (χ4v) is 3.95. The van der Waals surface area contributed by atoms with Gasteiger partial charge in [0.15, 0.2) is 0 Å². The molecule has 1 saturated heterocycles. The molecule has 17 heavy (non-hydrogen) atoms. The van der Waals surface area contributed by atoms with Crippen LogP contribution >= 0.6 is 0 Å². The maximum atomic E-state index is 12.2. The molecule has 0 amide bonds. The summed E-state index contributed by atoms with van der Waals surface area (Å²) in [7, 11) is -1.05. The molecule has 94 valence electrons. The van der Waals surface area contributed by atoms with Crippen molar-refractivity contribution < 1.29 is 8.95 Å². The van der Waals surface area contributed by atoms with Crippen molar-refractivity contribution in [2.45, 2.75) is 19.3 Å². The Labute approximate surface area is 104 Å². The van der Waals surface area contributed by atoms with E-state index in [9.17, 15) is 4.21 Å². The lowest BCUT2D eigenvalue weighted by atomic mass is 9.95. The van der Waals surface area contributed by atoms with Crippen LogP contribution in [0.25, 0.3) is 0 Å². The van der Waals surface area contributed by atoms with E-state index in [1.165, 1.54) is 5.57 Å². The second-order valence-corrected chi connectivity index (χ2v) is 5.96. The van der Waals surface area contributed by atoms with Gasteiger partial charge in [-0.25, -0.2) is 4.21 Å². The van der Waals surface area contributed by atoms with E-state index in [0.717, 1.165) is 49.6 Å². The van der Waals surface area contributed by atoms with Crippen LogP contribution in [-0.2, 0) is 15.7 Å². The topological polar surface area (TPSA) is 50.4 Å². The Kier molecular flexibility index (Phi) is 3.31. The van der Waals surface area contributed by atoms with E-state index in [1.54, 1.807) is 0 Å². The normalized spacial score (nSPS) is 30.6. The molecule has 0 saturated carbocycles. The fraction of sp³-hybridized carbons (Fsp3) is 0.667. The van der Waals surface area contributed by atoms with Gasteiger partial charge in [-0.1, -0.05) is 0 Å². The summed E-state index contributed by atoms with van der Waals surface area (Å²) in [5, 5.41) is 3.35. The van der Waals surface area contributed by atoms with Crippen molar-refractivity contribution in [3.05, 3.63) is 22.3 Å². The molecule has 3 aliphatic rings. The molecule has 4 nitrogen and oxygen atoms in total. The Balaban J connectivity index is 1.85. The smallest absolute Gasteiger partial charge is 0.146 e. The average Bonchev–Trinajstić information content (AvgIpc) is 2.39. The molecule has 1 fully saturated rings. The van der Waals surface area contributed by atoms with E-state index in [-0.39, 0.29) is 0 Å². The number of hydrogen-bond acceptors (Lipinski definition) is 3. The first-order valence-corrected chi connectivity index (χ1v) is 7.40. The van der Waals surface area contributed by atoms with Gasteiger partial charge in [-0.05, 0) is 49.9 Å². The number of ether oxygens (including phenoxy) is 1. The summed E-state index contributed by atoms with van der Waals surface area (Å²) in [5.74, 6) is 0.474. The number of rotatable bonds is 1. The Morgan fingerprint density at radius 1 is 1.35 bits per heavy atom. The van der Waals surface area contributed by atoms with Crippen LogP contribution in [0.2, 0.25) is 0 Å². The summed E-state index contributed by atoms with van der Waals surface area (Å²) in [6.07, 6.45) is 5.30. The van der Waals surface area contributed by atoms with Crippen molar-refractivity contribution in [2.75, 3.05) is 26.3 Å². The second-order valence-electron chi connectivity index (χ2n) is 4.75. The SMILES string of the molecule is O=S1NC2=C(C=C1C1CCNCC1)CCOC2. The summed E-state index contributed by atoms with van der Waals surface area (Å²) in [6.45, 7) is 3.43. The number of hydrogen-bond donors (Lipinski definition) is 2. The van der Waals surface area contributed by atoms with Crippen molar-refractivity contribution >= 4 is 11.0 Å². The van der Waals surface area contributed by atoms with Crippen LogP contribution in [0.1, 0.15) is 19.3 Å². The molecule has 1 atom stereocenters. The Bertz CT molecular complexity index is 397. The maximum Gasteiger partial charge on any atom is 0.146 e. The van der Waals surface area contributed by atoms with Gasteiger partial charge in [-0.3, -0.25) is 0 Å². The second kappa shape index (κ2) is 4.92. The van der Waals surface area contributed by atoms with Crippen LogP contribution in [0.4, 0.5) is 0 Å². The van der Waals surface area contributed by atoms with E-state index < -0.39 is 11.0 Å². The predicted molar refractivity (Wildman–Crippen MR) is 67.4 cm³/mol. The minimum atomic E-state index is -1.05. The summed E-state index contributed by atoms with van der Waals surface area (Å²) in [5.41, 5.74) is 2.32. The van der Waals surface area contributed by atoms with E-state index >= 15 is 0 Å². The molecule has 3 aliphatic heterocycles. The van der Waals surface area contributed by atoms with Gasteiger partial charge in [0.25, 0.3) is 0 Å². The van der Waals surface area contributed by atoms with Crippen molar-refractivity contribution in [3.63, 3.8) is 0 Å². The molecular weight excluding hydrogens is 236 g/mol. The Morgan fingerprint density at radius 3 is 3.00 bits per heavy atom. The van der Waals surface area contributed by atoms with Crippen molar-refractivity contribution in [3.8, 4) is 0 Å². The highest BCUT2D eigenvalue weighted by molar-refractivity contribution is 7.87. The molecule has 0 aromatic carbocycles. The standard InChI is InChI=1S/C12H18N2O2S/c15-17-12(9-1-4-13-5-2-9)7-10-3-6-16-8-11(10)14-17/h7,9,13-14H,1-6,8H2. The summed E-state index contributed by atoms with van der Waals surface area (Å²) < 4.78 is 20.6. The maximum absolute atomic E-state index is 12.2. The van der Waals surface area contributed by atoms with Gasteiger partial charge in [-0.2, -0.15) is 0 Å². The minimum absolute atomic E-state index is 0.474. The number of nitrogens with one attached hydrogen (secondary N) is 2. The highest BCUT2D eigenvalue weighted by atomic mass is 32.2. The molecule has 3 heterocycles. The monoisotopic (exact) mass is 254 g/mol. The van der Waals surface area contributed by atoms with Crippen molar-refractivity contribution in [1.82, 2.24) is 10.0 Å². The number of piperidine rings is 1. The van der Waals surface area contributed by atoms with Gasteiger partial charge in [-0.15, -0.1) is 0 Å². The molecule has 0 aromatic heterocycles. The third kappa shape index (κ3) is 2.32. The first kappa shape index (κ1) is 11.4. The molecule has 0 radical (unpaired) electrons. The molecular formula is C12H18N2O2S. The molecule has 0 aliphatic carbocycles. The highest BCUT2D eigenvalue weighted by Gasteiger charge is 2.27. The molecule has 0 spiro atoms. The van der Waals surface area contributed by atoms with Crippen LogP contribution in [0, 0.1) is 5.92 Å². The minimum Gasteiger partial charge on any atom is -0.375 e. The zero-order chi connectivity index (χ0) is 11.7. The first-order chi connectivity index (χ1) is 8.34. The van der Waals surface area contributed by atoms with Crippen molar-refractivity contribution in [2.24, 2.45) is 5.92 Å². The van der Waals surface area contributed by atoms with Crippen LogP contribution < -0.4 is 10.0 Å². The average molecular weight is 254 g/mol. The largest absolute Gasteiger partial charge is 0.375 e. The van der Waals surface area contributed by atoms with Gasteiger partial charge < -0.3 is 14.8 Å². The molecule has 0 bridgehead atoms. The lowest BCUT2D eigenvalue weighted by molar-refractivity contribution is 0.145. The zero-order valence-corrected chi connectivity index (χ0v) is 10.6. The van der Waals surface area contributed by atoms with E-state index in [1.807, 2.05) is 0 Å². The third-order valence-electron chi connectivity index (χ3n) is 3.64. The lowest BCUT2D eigenvalue weighted by Gasteiger charge is -2.30. The Hall–Kier alpha value is -0.650. The number of allylic oxidation sites excluding steroid dienone is 2.